The molecule has 0 saturated heterocycles. The van der Waals surface area contributed by atoms with Crippen LogP contribution in [-0.4, -0.2) is 32.7 Å². The standard InChI is InChI=1S/C19H21N3O2S/c1-12-13(2)20-19-22(18(12)24)16(11-25-19)9-17(23)21-8-7-14-5-3-4-6-15(14)10-21/h3-6,16H,7-11H2,1-2H3. The van der Waals surface area contributed by atoms with E-state index in [-0.39, 0.29) is 17.5 Å². The summed E-state index contributed by atoms with van der Waals surface area (Å²) in [6, 6.07) is 8.21. The number of aryl methyl sites for hydroxylation is 1. The molecule has 1 atom stereocenters. The van der Waals surface area contributed by atoms with Gasteiger partial charge in [0.05, 0.1) is 6.04 Å². The maximum Gasteiger partial charge on any atom is 0.257 e. The molecule has 0 aliphatic carbocycles. The first kappa shape index (κ1) is 16.4. The van der Waals surface area contributed by atoms with Crippen LogP contribution in [0.5, 0.6) is 0 Å². The highest BCUT2D eigenvalue weighted by molar-refractivity contribution is 7.99. The van der Waals surface area contributed by atoms with E-state index >= 15 is 0 Å². The van der Waals surface area contributed by atoms with E-state index in [9.17, 15) is 9.59 Å². The van der Waals surface area contributed by atoms with Crippen LogP contribution in [0.1, 0.15) is 34.8 Å². The lowest BCUT2D eigenvalue weighted by molar-refractivity contribution is -0.132. The SMILES string of the molecule is Cc1nc2n(c(=O)c1C)C(CC(=O)N1CCc3ccccc3C1)CS2. The van der Waals surface area contributed by atoms with Crippen molar-refractivity contribution in [2.45, 2.75) is 44.4 Å². The van der Waals surface area contributed by atoms with Crippen molar-refractivity contribution >= 4 is 17.7 Å². The predicted molar refractivity (Wildman–Crippen MR) is 97.9 cm³/mol. The third-order valence-electron chi connectivity index (χ3n) is 5.22. The van der Waals surface area contributed by atoms with Gasteiger partial charge in [-0.25, -0.2) is 4.98 Å². The fraction of sp³-hybridized carbons (Fsp3) is 0.421. The van der Waals surface area contributed by atoms with Gasteiger partial charge in [-0.2, -0.15) is 0 Å². The Hall–Kier alpha value is -2.08. The Bertz CT molecular complexity index is 906. The molecule has 2 aromatic rings. The second kappa shape index (κ2) is 6.33. The van der Waals surface area contributed by atoms with Gasteiger partial charge in [-0.3, -0.25) is 14.2 Å². The lowest BCUT2D eigenvalue weighted by atomic mass is 9.99. The molecule has 130 valence electrons. The van der Waals surface area contributed by atoms with E-state index in [4.69, 9.17) is 0 Å². The van der Waals surface area contributed by atoms with Crippen molar-refractivity contribution in [3.05, 3.63) is 57.0 Å². The van der Waals surface area contributed by atoms with Crippen molar-refractivity contribution in [3.63, 3.8) is 0 Å². The molecule has 1 unspecified atom stereocenters. The molecule has 25 heavy (non-hydrogen) atoms. The van der Waals surface area contributed by atoms with Crippen LogP contribution in [0.3, 0.4) is 0 Å². The van der Waals surface area contributed by atoms with E-state index in [1.165, 1.54) is 11.1 Å². The summed E-state index contributed by atoms with van der Waals surface area (Å²) in [5, 5.41) is 0.745. The highest BCUT2D eigenvalue weighted by atomic mass is 32.2. The fourth-order valence-electron chi connectivity index (χ4n) is 3.56. The number of hydrogen-bond acceptors (Lipinski definition) is 4. The van der Waals surface area contributed by atoms with Crippen LogP contribution >= 0.6 is 11.8 Å². The molecular formula is C19H21N3O2S. The van der Waals surface area contributed by atoms with E-state index in [1.807, 2.05) is 24.0 Å². The van der Waals surface area contributed by atoms with Crippen LogP contribution < -0.4 is 5.56 Å². The Kier molecular flexibility index (Phi) is 4.15. The first-order chi connectivity index (χ1) is 12.0. The van der Waals surface area contributed by atoms with E-state index < -0.39 is 0 Å². The molecule has 3 heterocycles. The summed E-state index contributed by atoms with van der Waals surface area (Å²) < 4.78 is 1.72. The minimum Gasteiger partial charge on any atom is -0.338 e. The van der Waals surface area contributed by atoms with Gasteiger partial charge in [-0.15, -0.1) is 0 Å². The number of fused-ring (bicyclic) bond motifs is 2. The number of amides is 1. The Balaban J connectivity index is 1.53. The van der Waals surface area contributed by atoms with Gasteiger partial charge < -0.3 is 4.90 Å². The van der Waals surface area contributed by atoms with Crippen molar-refractivity contribution in [2.75, 3.05) is 12.3 Å². The summed E-state index contributed by atoms with van der Waals surface area (Å²) in [5.41, 5.74) is 4.02. The monoisotopic (exact) mass is 355 g/mol. The molecule has 1 aromatic carbocycles. The zero-order valence-corrected chi connectivity index (χ0v) is 15.3. The number of rotatable bonds is 2. The maximum absolute atomic E-state index is 12.8. The molecule has 4 rings (SSSR count). The second-order valence-electron chi connectivity index (χ2n) is 6.78. The summed E-state index contributed by atoms with van der Waals surface area (Å²) in [5.74, 6) is 0.861. The molecule has 2 aliphatic heterocycles. The van der Waals surface area contributed by atoms with Crippen molar-refractivity contribution in [1.29, 1.82) is 0 Å². The number of benzene rings is 1. The second-order valence-corrected chi connectivity index (χ2v) is 7.77. The molecule has 0 saturated carbocycles. The van der Waals surface area contributed by atoms with Crippen molar-refractivity contribution in [3.8, 4) is 0 Å². The molecule has 0 N–H and O–H groups in total. The van der Waals surface area contributed by atoms with Gasteiger partial charge in [-0.05, 0) is 31.4 Å². The third-order valence-corrected chi connectivity index (χ3v) is 6.31. The fourth-order valence-corrected chi connectivity index (χ4v) is 4.74. The van der Waals surface area contributed by atoms with Gasteiger partial charge in [0, 0.05) is 36.5 Å². The van der Waals surface area contributed by atoms with E-state index in [0.29, 0.717) is 18.5 Å². The zero-order valence-electron chi connectivity index (χ0n) is 14.5. The summed E-state index contributed by atoms with van der Waals surface area (Å²) >= 11 is 1.57. The van der Waals surface area contributed by atoms with Gasteiger partial charge in [-0.1, -0.05) is 36.0 Å². The van der Waals surface area contributed by atoms with Crippen LogP contribution in [0.15, 0.2) is 34.2 Å². The average Bonchev–Trinajstić information content (AvgIpc) is 3.01. The Morgan fingerprint density at radius 2 is 2.04 bits per heavy atom. The molecule has 0 spiro atoms. The number of aromatic nitrogens is 2. The topological polar surface area (TPSA) is 55.2 Å². The lowest BCUT2D eigenvalue weighted by Crippen LogP contribution is -2.38. The van der Waals surface area contributed by atoms with Crippen LogP contribution in [0, 0.1) is 13.8 Å². The average molecular weight is 355 g/mol. The van der Waals surface area contributed by atoms with Crippen molar-refractivity contribution in [1.82, 2.24) is 14.5 Å². The first-order valence-electron chi connectivity index (χ1n) is 8.61. The minimum absolute atomic E-state index is 0.00529. The van der Waals surface area contributed by atoms with Crippen molar-refractivity contribution in [2.24, 2.45) is 0 Å². The number of carbonyl (C=O) groups excluding carboxylic acids is 1. The summed E-state index contributed by atoms with van der Waals surface area (Å²) in [7, 11) is 0. The molecule has 2 aliphatic rings. The highest BCUT2D eigenvalue weighted by Crippen LogP contribution is 2.33. The number of carbonyl (C=O) groups is 1. The van der Waals surface area contributed by atoms with E-state index in [2.05, 4.69) is 17.1 Å². The summed E-state index contributed by atoms with van der Waals surface area (Å²) in [6.45, 7) is 5.09. The molecule has 6 heteroatoms. The van der Waals surface area contributed by atoms with E-state index in [1.54, 1.807) is 23.3 Å². The lowest BCUT2D eigenvalue weighted by Gasteiger charge is -2.30. The summed E-state index contributed by atoms with van der Waals surface area (Å²) in [4.78, 5) is 31.9. The van der Waals surface area contributed by atoms with Crippen LogP contribution in [0.2, 0.25) is 0 Å². The Morgan fingerprint density at radius 1 is 1.28 bits per heavy atom. The minimum atomic E-state index is -0.0935. The normalized spacial score (nSPS) is 18.8. The van der Waals surface area contributed by atoms with Gasteiger partial charge in [0.15, 0.2) is 5.16 Å². The third kappa shape index (κ3) is 2.88. The van der Waals surface area contributed by atoms with Crippen LogP contribution in [0.4, 0.5) is 0 Å². The highest BCUT2D eigenvalue weighted by Gasteiger charge is 2.30. The Labute approximate surface area is 151 Å². The first-order valence-corrected chi connectivity index (χ1v) is 9.60. The molecule has 0 fully saturated rings. The van der Waals surface area contributed by atoms with E-state index in [0.717, 1.165) is 29.6 Å². The molecule has 0 radical (unpaired) electrons. The Morgan fingerprint density at radius 3 is 2.84 bits per heavy atom. The maximum atomic E-state index is 12.8. The predicted octanol–water partition coefficient (Wildman–Crippen LogP) is 2.48. The molecule has 5 nitrogen and oxygen atoms in total. The van der Waals surface area contributed by atoms with Crippen LogP contribution in [-0.2, 0) is 17.8 Å². The zero-order chi connectivity index (χ0) is 17.6. The molecule has 0 bridgehead atoms. The molecular weight excluding hydrogens is 334 g/mol. The van der Waals surface area contributed by atoms with Gasteiger partial charge in [0.1, 0.15) is 0 Å². The van der Waals surface area contributed by atoms with Crippen LogP contribution in [0.25, 0.3) is 0 Å². The quantitative estimate of drug-likeness (QED) is 0.777. The molecule has 1 amide bonds. The van der Waals surface area contributed by atoms with Crippen molar-refractivity contribution < 1.29 is 4.79 Å². The number of hydrogen-bond donors (Lipinski definition) is 0. The van der Waals surface area contributed by atoms with Gasteiger partial charge in [0.25, 0.3) is 5.56 Å². The smallest absolute Gasteiger partial charge is 0.257 e. The van der Waals surface area contributed by atoms with Gasteiger partial charge >= 0.3 is 0 Å². The largest absolute Gasteiger partial charge is 0.338 e. The number of nitrogens with zero attached hydrogens (tertiary/aromatic N) is 3. The number of thioether (sulfide) groups is 1. The summed E-state index contributed by atoms with van der Waals surface area (Å²) in [6.07, 6.45) is 1.27. The van der Waals surface area contributed by atoms with Gasteiger partial charge in [0.2, 0.25) is 5.91 Å². The molecule has 1 aromatic heterocycles.